The highest BCUT2D eigenvalue weighted by atomic mass is 79.9. The van der Waals surface area contributed by atoms with Crippen molar-refractivity contribution in [1.82, 2.24) is 10.2 Å². The minimum Gasteiger partial charge on any atom is -0.311 e. The molecule has 1 aliphatic rings. The zero-order valence-electron chi connectivity index (χ0n) is 10.6. The average Bonchev–Trinajstić information content (AvgIpc) is 2.74. The Bertz CT molecular complexity index is 353. The van der Waals surface area contributed by atoms with E-state index in [0.717, 1.165) is 6.54 Å². The fourth-order valence-electron chi connectivity index (χ4n) is 2.32. The monoisotopic (exact) mass is 316 g/mol. The van der Waals surface area contributed by atoms with E-state index in [9.17, 15) is 0 Å². The summed E-state index contributed by atoms with van der Waals surface area (Å²) >= 11 is 5.38. The van der Waals surface area contributed by atoms with E-state index in [-0.39, 0.29) is 0 Å². The topological polar surface area (TPSA) is 15.3 Å². The van der Waals surface area contributed by atoms with Gasteiger partial charge in [0.1, 0.15) is 0 Å². The molecule has 0 amide bonds. The van der Waals surface area contributed by atoms with Crippen molar-refractivity contribution in [1.29, 1.82) is 0 Å². The van der Waals surface area contributed by atoms with Crippen LogP contribution in [0.5, 0.6) is 0 Å². The number of nitrogens with zero attached hydrogens (tertiary/aromatic N) is 1. The molecule has 2 nitrogen and oxygen atoms in total. The Morgan fingerprint density at radius 2 is 2.35 bits per heavy atom. The van der Waals surface area contributed by atoms with Gasteiger partial charge in [-0.2, -0.15) is 0 Å². The van der Waals surface area contributed by atoms with E-state index in [4.69, 9.17) is 0 Å². The number of hydrogen-bond donors (Lipinski definition) is 1. The van der Waals surface area contributed by atoms with Gasteiger partial charge in [-0.05, 0) is 47.8 Å². The lowest BCUT2D eigenvalue weighted by atomic mass is 10.1. The molecule has 0 bridgehead atoms. The van der Waals surface area contributed by atoms with Gasteiger partial charge in [-0.3, -0.25) is 4.90 Å². The Morgan fingerprint density at radius 3 is 3.00 bits per heavy atom. The molecule has 0 radical (unpaired) electrons. The predicted molar refractivity (Wildman–Crippen MR) is 78.8 cm³/mol. The molecule has 1 aromatic heterocycles. The van der Waals surface area contributed by atoms with Crippen LogP contribution in [0.3, 0.4) is 0 Å². The van der Waals surface area contributed by atoms with Crippen molar-refractivity contribution >= 4 is 27.3 Å². The van der Waals surface area contributed by atoms with Crippen molar-refractivity contribution in [3.8, 4) is 0 Å². The van der Waals surface area contributed by atoms with Crippen LogP contribution in [-0.4, -0.2) is 36.6 Å². The van der Waals surface area contributed by atoms with Crippen LogP contribution in [0.2, 0.25) is 0 Å². The molecule has 1 saturated heterocycles. The zero-order valence-corrected chi connectivity index (χ0v) is 13.0. The molecule has 17 heavy (non-hydrogen) atoms. The van der Waals surface area contributed by atoms with E-state index in [1.807, 2.05) is 11.3 Å². The fourth-order valence-corrected chi connectivity index (χ4v) is 3.79. The summed E-state index contributed by atoms with van der Waals surface area (Å²) in [5, 5.41) is 3.60. The summed E-state index contributed by atoms with van der Waals surface area (Å²) in [5.41, 5.74) is 0. The Hall–Kier alpha value is 0.1000. The molecule has 1 aromatic rings. The van der Waals surface area contributed by atoms with Crippen LogP contribution in [0.15, 0.2) is 15.9 Å². The summed E-state index contributed by atoms with van der Waals surface area (Å²) in [6.45, 7) is 8.11. The van der Waals surface area contributed by atoms with E-state index in [1.54, 1.807) is 0 Å². The van der Waals surface area contributed by atoms with Gasteiger partial charge in [0.2, 0.25) is 0 Å². The fraction of sp³-hybridized carbons (Fsp3) is 0.692. The molecule has 0 spiro atoms. The number of halogens is 1. The van der Waals surface area contributed by atoms with Crippen molar-refractivity contribution in [2.75, 3.05) is 19.6 Å². The lowest BCUT2D eigenvalue weighted by Crippen LogP contribution is -2.55. The Balaban J connectivity index is 1.84. The number of thiophene rings is 1. The third-order valence-corrected chi connectivity index (χ3v) is 5.23. The lowest BCUT2D eigenvalue weighted by Gasteiger charge is -2.38. The first-order valence-electron chi connectivity index (χ1n) is 6.40. The third kappa shape index (κ3) is 3.78. The molecule has 1 N–H and O–H groups in total. The van der Waals surface area contributed by atoms with Gasteiger partial charge in [-0.25, -0.2) is 0 Å². The second kappa shape index (κ2) is 6.32. The minimum absolute atomic E-state index is 0.668. The van der Waals surface area contributed by atoms with Gasteiger partial charge in [-0.15, -0.1) is 11.3 Å². The first kappa shape index (κ1) is 13.5. The van der Waals surface area contributed by atoms with Crippen molar-refractivity contribution in [2.24, 2.45) is 0 Å². The lowest BCUT2D eigenvalue weighted by molar-refractivity contribution is 0.141. The van der Waals surface area contributed by atoms with Crippen LogP contribution in [-0.2, 0) is 6.42 Å². The smallest absolute Gasteiger partial charge is 0.0701 e. The highest BCUT2D eigenvalue weighted by Crippen LogP contribution is 2.23. The average molecular weight is 317 g/mol. The summed E-state index contributed by atoms with van der Waals surface area (Å²) in [7, 11) is 0. The first-order chi connectivity index (χ1) is 8.19. The normalized spacial score (nSPS) is 26.3. The van der Waals surface area contributed by atoms with Crippen molar-refractivity contribution in [3.05, 3.63) is 20.8 Å². The largest absolute Gasteiger partial charge is 0.311 e. The van der Waals surface area contributed by atoms with Gasteiger partial charge in [0, 0.05) is 36.6 Å². The van der Waals surface area contributed by atoms with Crippen molar-refractivity contribution < 1.29 is 0 Å². The van der Waals surface area contributed by atoms with Gasteiger partial charge in [-0.1, -0.05) is 6.92 Å². The third-order valence-electron chi connectivity index (χ3n) is 3.55. The van der Waals surface area contributed by atoms with Gasteiger partial charge < -0.3 is 5.32 Å². The van der Waals surface area contributed by atoms with Crippen LogP contribution < -0.4 is 5.32 Å². The standard InChI is InChI=1S/C13H21BrN2S/c1-3-11-9-16(10(2)8-15-11)7-6-12-4-5-13(14)17-12/h4-5,10-11,15H,3,6-9H2,1-2H3. The summed E-state index contributed by atoms with van der Waals surface area (Å²) in [5.74, 6) is 0. The molecule has 4 heteroatoms. The maximum Gasteiger partial charge on any atom is 0.0701 e. The minimum atomic E-state index is 0.668. The van der Waals surface area contributed by atoms with E-state index in [0.29, 0.717) is 12.1 Å². The quantitative estimate of drug-likeness (QED) is 0.918. The van der Waals surface area contributed by atoms with E-state index in [1.165, 1.54) is 34.6 Å². The zero-order chi connectivity index (χ0) is 12.3. The highest BCUT2D eigenvalue weighted by Gasteiger charge is 2.23. The Morgan fingerprint density at radius 1 is 1.53 bits per heavy atom. The number of rotatable bonds is 4. The Labute approximate surface area is 117 Å². The van der Waals surface area contributed by atoms with Crippen LogP contribution >= 0.6 is 27.3 Å². The second-order valence-corrected chi connectivity index (χ2v) is 7.36. The van der Waals surface area contributed by atoms with Crippen LogP contribution in [0.1, 0.15) is 25.1 Å². The number of hydrogen-bond acceptors (Lipinski definition) is 3. The molecule has 0 aromatic carbocycles. The molecular weight excluding hydrogens is 296 g/mol. The van der Waals surface area contributed by atoms with Gasteiger partial charge in [0.05, 0.1) is 3.79 Å². The molecule has 1 fully saturated rings. The molecule has 0 saturated carbocycles. The van der Waals surface area contributed by atoms with Crippen LogP contribution in [0.25, 0.3) is 0 Å². The molecule has 2 rings (SSSR count). The summed E-state index contributed by atoms with van der Waals surface area (Å²) < 4.78 is 1.24. The Kier molecular flexibility index (Phi) is 5.03. The predicted octanol–water partition coefficient (Wildman–Crippen LogP) is 3.13. The first-order valence-corrected chi connectivity index (χ1v) is 8.01. The van der Waals surface area contributed by atoms with Crippen LogP contribution in [0.4, 0.5) is 0 Å². The van der Waals surface area contributed by atoms with E-state index >= 15 is 0 Å². The highest BCUT2D eigenvalue weighted by molar-refractivity contribution is 9.11. The summed E-state index contributed by atoms with van der Waals surface area (Å²) in [6, 6.07) is 5.73. The molecule has 2 atom stereocenters. The molecule has 2 heterocycles. The summed E-state index contributed by atoms with van der Waals surface area (Å²) in [6.07, 6.45) is 2.41. The summed E-state index contributed by atoms with van der Waals surface area (Å²) in [4.78, 5) is 4.11. The van der Waals surface area contributed by atoms with Gasteiger partial charge in [0.25, 0.3) is 0 Å². The van der Waals surface area contributed by atoms with Crippen LogP contribution in [0, 0.1) is 0 Å². The van der Waals surface area contributed by atoms with E-state index < -0.39 is 0 Å². The van der Waals surface area contributed by atoms with Crippen molar-refractivity contribution in [3.63, 3.8) is 0 Å². The SMILES string of the molecule is CCC1CN(CCc2ccc(Br)s2)C(C)CN1. The molecule has 96 valence electrons. The number of nitrogens with one attached hydrogen (secondary N) is 1. The van der Waals surface area contributed by atoms with E-state index in [2.05, 4.69) is 52.1 Å². The van der Waals surface area contributed by atoms with Gasteiger partial charge >= 0.3 is 0 Å². The van der Waals surface area contributed by atoms with Gasteiger partial charge in [0.15, 0.2) is 0 Å². The maximum atomic E-state index is 3.60. The molecule has 2 unspecified atom stereocenters. The molecule has 0 aliphatic carbocycles. The maximum absolute atomic E-state index is 3.60. The second-order valence-electron chi connectivity index (χ2n) is 4.81. The molecule has 1 aliphatic heterocycles. The van der Waals surface area contributed by atoms with Crippen molar-refractivity contribution in [2.45, 2.75) is 38.8 Å². The molecular formula is C13H21BrN2S. The number of piperazine rings is 1.